The predicted octanol–water partition coefficient (Wildman–Crippen LogP) is 5.30. The molecule has 0 aliphatic rings. The van der Waals surface area contributed by atoms with Crippen molar-refractivity contribution in [1.82, 2.24) is 0 Å². The molecule has 24 heavy (non-hydrogen) atoms. The van der Waals surface area contributed by atoms with Gasteiger partial charge in [-0.05, 0) is 37.9 Å². The Balaban J connectivity index is 1.68. The minimum atomic E-state index is 0.572. The molecule has 0 amide bonds. The molecule has 0 saturated heterocycles. The Morgan fingerprint density at radius 1 is 0.750 bits per heavy atom. The van der Waals surface area contributed by atoms with Crippen LogP contribution < -0.4 is 0 Å². The van der Waals surface area contributed by atoms with Crippen molar-refractivity contribution in [3.8, 4) is 0 Å². The summed E-state index contributed by atoms with van der Waals surface area (Å²) < 4.78 is 11.2. The molecule has 2 nitrogen and oxygen atoms in total. The van der Waals surface area contributed by atoms with Crippen LogP contribution in [0.1, 0.15) is 5.56 Å². The largest absolute Gasteiger partial charge is 0.375 e. The lowest BCUT2D eigenvalue weighted by molar-refractivity contribution is 0.0509. The van der Waals surface area contributed by atoms with Gasteiger partial charge in [0, 0.05) is 0 Å². The van der Waals surface area contributed by atoms with Crippen molar-refractivity contribution >= 4 is 32.3 Å². The van der Waals surface area contributed by atoms with E-state index in [2.05, 4.69) is 61.2 Å². The number of hydrogen-bond acceptors (Lipinski definition) is 2. The molecule has 4 aromatic rings. The molecule has 0 fully saturated rings. The summed E-state index contributed by atoms with van der Waals surface area (Å²) in [5.74, 6) is 0. The lowest BCUT2D eigenvalue weighted by Crippen LogP contribution is -2.04. The summed E-state index contributed by atoms with van der Waals surface area (Å²) in [5.41, 5.74) is 1.23. The summed E-state index contributed by atoms with van der Waals surface area (Å²) in [6.07, 6.45) is 1.75. The lowest BCUT2D eigenvalue weighted by atomic mass is 9.92. The summed E-state index contributed by atoms with van der Waals surface area (Å²) in [7, 11) is 0. The second kappa shape index (κ2) is 6.60. The van der Waals surface area contributed by atoms with E-state index in [4.69, 9.17) is 9.47 Å². The van der Waals surface area contributed by atoms with Gasteiger partial charge in [0.25, 0.3) is 0 Å². The van der Waals surface area contributed by atoms with Crippen molar-refractivity contribution in [2.75, 3.05) is 19.8 Å². The Hall–Kier alpha value is -2.42. The summed E-state index contributed by atoms with van der Waals surface area (Å²) in [4.78, 5) is 0. The summed E-state index contributed by atoms with van der Waals surface area (Å²) in [6, 6.07) is 19.7. The van der Waals surface area contributed by atoms with Crippen molar-refractivity contribution < 1.29 is 9.47 Å². The summed E-state index contributed by atoms with van der Waals surface area (Å²) in [5, 5.41) is 7.84. The molecule has 0 aromatic heterocycles. The zero-order valence-electron chi connectivity index (χ0n) is 13.6. The molecule has 0 N–H and O–H groups in total. The molecule has 4 rings (SSSR count). The third-order valence-corrected chi connectivity index (χ3v) is 4.48. The molecule has 2 heteroatoms. The smallest absolute Gasteiger partial charge is 0.0724 e. The standard InChI is InChI=1S/C22H20O2/c1-2-12-23-13-14-24-15-19-9-8-18-7-6-16-4-3-5-17-10-11-20(19)22(18)21(16)17/h2-11H,1,12-15H2. The molecular formula is C22H20O2. The maximum atomic E-state index is 5.80. The lowest BCUT2D eigenvalue weighted by Gasteiger charge is -2.14. The van der Waals surface area contributed by atoms with E-state index in [1.165, 1.54) is 37.9 Å². The van der Waals surface area contributed by atoms with Crippen LogP contribution >= 0.6 is 0 Å². The number of ether oxygens (including phenoxy) is 2. The maximum absolute atomic E-state index is 5.80. The summed E-state index contributed by atoms with van der Waals surface area (Å²) in [6.45, 7) is 6.00. The van der Waals surface area contributed by atoms with Gasteiger partial charge in [-0.15, -0.1) is 6.58 Å². The van der Waals surface area contributed by atoms with Crippen LogP contribution in [0.4, 0.5) is 0 Å². The monoisotopic (exact) mass is 316 g/mol. The minimum Gasteiger partial charge on any atom is -0.375 e. The van der Waals surface area contributed by atoms with Crippen LogP contribution in [0.15, 0.2) is 67.3 Å². The van der Waals surface area contributed by atoms with E-state index in [0.717, 1.165) is 0 Å². The molecular weight excluding hydrogens is 296 g/mol. The number of hydrogen-bond donors (Lipinski definition) is 0. The molecule has 0 atom stereocenters. The summed E-state index contributed by atoms with van der Waals surface area (Å²) >= 11 is 0. The Bertz CT molecular complexity index is 971. The highest BCUT2D eigenvalue weighted by Gasteiger charge is 2.10. The van der Waals surface area contributed by atoms with Crippen LogP contribution in [-0.2, 0) is 16.1 Å². The topological polar surface area (TPSA) is 18.5 Å². The molecule has 0 bridgehead atoms. The van der Waals surface area contributed by atoms with Crippen LogP contribution in [0.3, 0.4) is 0 Å². The molecule has 0 heterocycles. The highest BCUT2D eigenvalue weighted by molar-refractivity contribution is 6.23. The number of benzene rings is 4. The van der Waals surface area contributed by atoms with Gasteiger partial charge >= 0.3 is 0 Å². The fourth-order valence-corrected chi connectivity index (χ4v) is 3.39. The van der Waals surface area contributed by atoms with Crippen molar-refractivity contribution in [2.24, 2.45) is 0 Å². The van der Waals surface area contributed by atoms with Crippen molar-refractivity contribution in [1.29, 1.82) is 0 Å². The van der Waals surface area contributed by atoms with Gasteiger partial charge in [-0.2, -0.15) is 0 Å². The van der Waals surface area contributed by atoms with E-state index < -0.39 is 0 Å². The number of rotatable bonds is 7. The Morgan fingerprint density at radius 3 is 2.21 bits per heavy atom. The average molecular weight is 316 g/mol. The van der Waals surface area contributed by atoms with Gasteiger partial charge in [-0.3, -0.25) is 0 Å². The molecule has 120 valence electrons. The van der Waals surface area contributed by atoms with Crippen LogP contribution in [0.5, 0.6) is 0 Å². The van der Waals surface area contributed by atoms with Gasteiger partial charge in [0.05, 0.1) is 26.4 Å². The highest BCUT2D eigenvalue weighted by Crippen LogP contribution is 2.35. The van der Waals surface area contributed by atoms with Crippen LogP contribution in [0.25, 0.3) is 32.3 Å². The quantitative estimate of drug-likeness (QED) is 0.261. The second-order valence-corrected chi connectivity index (χ2v) is 6.00. The molecule has 0 aliphatic heterocycles. The molecule has 0 aliphatic carbocycles. The Kier molecular flexibility index (Phi) is 4.16. The third kappa shape index (κ3) is 2.64. The second-order valence-electron chi connectivity index (χ2n) is 6.00. The molecule has 0 saturated carbocycles. The first-order valence-electron chi connectivity index (χ1n) is 8.30. The van der Waals surface area contributed by atoms with E-state index in [0.29, 0.717) is 26.4 Å². The van der Waals surface area contributed by atoms with Crippen molar-refractivity contribution in [3.63, 3.8) is 0 Å². The van der Waals surface area contributed by atoms with Crippen LogP contribution in [0, 0.1) is 0 Å². The van der Waals surface area contributed by atoms with Gasteiger partial charge in [-0.1, -0.05) is 60.7 Å². The fourth-order valence-electron chi connectivity index (χ4n) is 3.39. The molecule has 0 unspecified atom stereocenters. The van der Waals surface area contributed by atoms with Crippen molar-refractivity contribution in [2.45, 2.75) is 6.61 Å². The highest BCUT2D eigenvalue weighted by atomic mass is 16.5. The molecule has 0 spiro atoms. The fraction of sp³-hybridized carbons (Fsp3) is 0.182. The zero-order chi connectivity index (χ0) is 16.4. The van der Waals surface area contributed by atoms with E-state index >= 15 is 0 Å². The SMILES string of the molecule is C=CCOCCOCc1ccc2ccc3cccc4ccc1c2c34. The Labute approximate surface area is 141 Å². The zero-order valence-corrected chi connectivity index (χ0v) is 13.6. The average Bonchev–Trinajstić information content (AvgIpc) is 2.63. The minimum absolute atomic E-state index is 0.572. The first-order valence-corrected chi connectivity index (χ1v) is 8.30. The van der Waals surface area contributed by atoms with E-state index in [9.17, 15) is 0 Å². The van der Waals surface area contributed by atoms with Gasteiger partial charge in [0.1, 0.15) is 0 Å². The third-order valence-electron chi connectivity index (χ3n) is 4.48. The van der Waals surface area contributed by atoms with E-state index in [-0.39, 0.29) is 0 Å². The van der Waals surface area contributed by atoms with Gasteiger partial charge in [0.15, 0.2) is 0 Å². The van der Waals surface area contributed by atoms with Gasteiger partial charge in [0.2, 0.25) is 0 Å². The molecule has 0 radical (unpaired) electrons. The first kappa shape index (κ1) is 15.1. The van der Waals surface area contributed by atoms with Gasteiger partial charge in [-0.25, -0.2) is 0 Å². The first-order chi connectivity index (χ1) is 11.9. The van der Waals surface area contributed by atoms with E-state index in [1.54, 1.807) is 6.08 Å². The predicted molar refractivity (Wildman–Crippen MR) is 101 cm³/mol. The van der Waals surface area contributed by atoms with E-state index in [1.807, 2.05) is 0 Å². The van der Waals surface area contributed by atoms with Crippen LogP contribution in [-0.4, -0.2) is 19.8 Å². The van der Waals surface area contributed by atoms with Crippen LogP contribution in [0.2, 0.25) is 0 Å². The Morgan fingerprint density at radius 2 is 1.42 bits per heavy atom. The van der Waals surface area contributed by atoms with Gasteiger partial charge < -0.3 is 9.47 Å². The normalized spacial score (nSPS) is 11.7. The molecule has 4 aromatic carbocycles. The maximum Gasteiger partial charge on any atom is 0.0724 e. The van der Waals surface area contributed by atoms with Crippen molar-refractivity contribution in [3.05, 3.63) is 72.8 Å².